The number of hydrogen-bond donors (Lipinski definition) is 2. The minimum absolute atomic E-state index is 0.0879. The summed E-state index contributed by atoms with van der Waals surface area (Å²) in [6.45, 7) is 7.68. The molecule has 0 radical (unpaired) electrons. The second-order valence-electron chi connectivity index (χ2n) is 4.64. The van der Waals surface area contributed by atoms with Gasteiger partial charge in [0.1, 0.15) is 0 Å². The van der Waals surface area contributed by atoms with Gasteiger partial charge in [-0.1, -0.05) is 19.9 Å². The molecule has 0 aliphatic carbocycles. The van der Waals surface area contributed by atoms with E-state index in [1.807, 2.05) is 6.92 Å². The molecule has 2 N–H and O–H groups in total. The molecule has 1 amide bonds. The van der Waals surface area contributed by atoms with Gasteiger partial charge in [-0.3, -0.25) is 4.79 Å². The number of rotatable bonds is 7. The molecule has 0 aliphatic rings. The summed E-state index contributed by atoms with van der Waals surface area (Å²) < 4.78 is 0. The smallest absolute Gasteiger partial charge is 0.236 e. The van der Waals surface area contributed by atoms with Crippen LogP contribution in [0.2, 0.25) is 0 Å². The lowest BCUT2D eigenvalue weighted by molar-refractivity contribution is -0.122. The van der Waals surface area contributed by atoms with Crippen molar-refractivity contribution in [1.82, 2.24) is 10.6 Å². The number of carbonyl (C=O) groups is 1. The summed E-state index contributed by atoms with van der Waals surface area (Å²) in [4.78, 5) is 13.0. The van der Waals surface area contributed by atoms with Crippen LogP contribution in [-0.4, -0.2) is 25.0 Å². The van der Waals surface area contributed by atoms with Crippen molar-refractivity contribution in [3.63, 3.8) is 0 Å². The molecule has 1 rings (SSSR count). The molecule has 0 saturated carbocycles. The van der Waals surface area contributed by atoms with E-state index in [2.05, 4.69) is 42.0 Å². The molecule has 1 heterocycles. The third kappa shape index (κ3) is 5.84. The van der Waals surface area contributed by atoms with Crippen LogP contribution in [-0.2, 0) is 11.2 Å². The average Bonchev–Trinajstić information content (AvgIpc) is 2.78. The van der Waals surface area contributed by atoms with E-state index in [4.69, 9.17) is 0 Å². The van der Waals surface area contributed by atoms with E-state index < -0.39 is 0 Å². The fourth-order valence-electron chi connectivity index (χ4n) is 1.42. The van der Waals surface area contributed by atoms with Crippen LogP contribution in [0.25, 0.3) is 0 Å². The van der Waals surface area contributed by atoms with Crippen molar-refractivity contribution in [2.24, 2.45) is 5.92 Å². The first-order chi connectivity index (χ1) is 8.09. The van der Waals surface area contributed by atoms with Crippen molar-refractivity contribution in [1.29, 1.82) is 0 Å². The highest BCUT2D eigenvalue weighted by molar-refractivity contribution is 7.09. The molecule has 0 aromatic carbocycles. The first-order valence-electron chi connectivity index (χ1n) is 6.13. The minimum Gasteiger partial charge on any atom is -0.354 e. The van der Waals surface area contributed by atoms with Crippen LogP contribution < -0.4 is 10.6 Å². The van der Waals surface area contributed by atoms with Gasteiger partial charge in [0.15, 0.2) is 0 Å². The van der Waals surface area contributed by atoms with E-state index in [0.717, 1.165) is 19.5 Å². The quantitative estimate of drug-likeness (QED) is 0.782. The van der Waals surface area contributed by atoms with Crippen LogP contribution in [0.4, 0.5) is 0 Å². The minimum atomic E-state index is -0.117. The zero-order valence-electron chi connectivity index (χ0n) is 10.8. The molecule has 0 bridgehead atoms. The second kappa shape index (κ2) is 7.45. The normalized spacial score (nSPS) is 12.7. The van der Waals surface area contributed by atoms with Crippen LogP contribution in [0.15, 0.2) is 17.5 Å². The molecule has 1 unspecified atom stereocenters. The van der Waals surface area contributed by atoms with E-state index in [1.54, 1.807) is 11.3 Å². The van der Waals surface area contributed by atoms with Gasteiger partial charge in [-0.2, -0.15) is 0 Å². The lowest BCUT2D eigenvalue weighted by Gasteiger charge is -2.14. The first-order valence-corrected chi connectivity index (χ1v) is 7.01. The SMILES string of the molecule is CC(C)CNC(=O)C(C)NCCc1cccs1. The Labute approximate surface area is 108 Å². The molecular weight excluding hydrogens is 232 g/mol. The zero-order chi connectivity index (χ0) is 12.7. The van der Waals surface area contributed by atoms with Crippen molar-refractivity contribution in [2.75, 3.05) is 13.1 Å². The Balaban J connectivity index is 2.15. The Morgan fingerprint density at radius 3 is 2.76 bits per heavy atom. The van der Waals surface area contributed by atoms with Crippen LogP contribution in [0.1, 0.15) is 25.6 Å². The summed E-state index contributed by atoms with van der Waals surface area (Å²) in [6.07, 6.45) is 0.986. The van der Waals surface area contributed by atoms with Gasteiger partial charge in [0, 0.05) is 18.0 Å². The highest BCUT2D eigenvalue weighted by atomic mass is 32.1. The third-order valence-corrected chi connectivity index (χ3v) is 3.42. The van der Waals surface area contributed by atoms with E-state index in [1.165, 1.54) is 4.88 Å². The number of nitrogens with one attached hydrogen (secondary N) is 2. The molecule has 1 aromatic rings. The first kappa shape index (κ1) is 14.2. The molecule has 0 spiro atoms. The maximum atomic E-state index is 11.7. The van der Waals surface area contributed by atoms with E-state index in [0.29, 0.717) is 5.92 Å². The summed E-state index contributed by atoms with van der Waals surface area (Å²) in [7, 11) is 0. The highest BCUT2D eigenvalue weighted by Gasteiger charge is 2.11. The van der Waals surface area contributed by atoms with Crippen LogP contribution in [0, 0.1) is 5.92 Å². The molecule has 3 nitrogen and oxygen atoms in total. The summed E-state index contributed by atoms with van der Waals surface area (Å²) in [5, 5.41) is 8.24. The predicted molar refractivity (Wildman–Crippen MR) is 73.3 cm³/mol. The number of amides is 1. The second-order valence-corrected chi connectivity index (χ2v) is 5.68. The van der Waals surface area contributed by atoms with Crippen LogP contribution in [0.3, 0.4) is 0 Å². The summed E-state index contributed by atoms with van der Waals surface area (Å²) in [6, 6.07) is 4.06. The van der Waals surface area contributed by atoms with Gasteiger partial charge < -0.3 is 10.6 Å². The standard InChI is InChI=1S/C13H22N2OS/c1-10(2)9-15-13(16)11(3)14-7-6-12-5-4-8-17-12/h4-5,8,10-11,14H,6-7,9H2,1-3H3,(H,15,16). The summed E-state index contributed by atoms with van der Waals surface area (Å²) in [5.41, 5.74) is 0. The maximum absolute atomic E-state index is 11.7. The molecule has 0 aliphatic heterocycles. The average molecular weight is 254 g/mol. The van der Waals surface area contributed by atoms with Gasteiger partial charge in [-0.05, 0) is 30.7 Å². The molecule has 17 heavy (non-hydrogen) atoms. The molecule has 1 aromatic heterocycles. The van der Waals surface area contributed by atoms with E-state index in [9.17, 15) is 4.79 Å². The molecule has 0 fully saturated rings. The lowest BCUT2D eigenvalue weighted by Crippen LogP contribution is -2.43. The monoisotopic (exact) mass is 254 g/mol. The Morgan fingerprint density at radius 1 is 1.41 bits per heavy atom. The Hall–Kier alpha value is -0.870. The van der Waals surface area contributed by atoms with Crippen molar-refractivity contribution >= 4 is 17.2 Å². The van der Waals surface area contributed by atoms with Gasteiger partial charge in [0.05, 0.1) is 6.04 Å². The Bertz CT molecular complexity index is 322. The highest BCUT2D eigenvalue weighted by Crippen LogP contribution is 2.08. The molecule has 1 atom stereocenters. The third-order valence-electron chi connectivity index (χ3n) is 2.48. The zero-order valence-corrected chi connectivity index (χ0v) is 11.6. The van der Waals surface area contributed by atoms with Crippen LogP contribution in [0.5, 0.6) is 0 Å². The molecule has 0 saturated heterocycles. The maximum Gasteiger partial charge on any atom is 0.236 e. The van der Waals surface area contributed by atoms with Gasteiger partial charge >= 0.3 is 0 Å². The Morgan fingerprint density at radius 2 is 2.18 bits per heavy atom. The number of thiophene rings is 1. The molecule has 96 valence electrons. The van der Waals surface area contributed by atoms with Crippen molar-refractivity contribution < 1.29 is 4.79 Å². The fraction of sp³-hybridized carbons (Fsp3) is 0.615. The van der Waals surface area contributed by atoms with Crippen LogP contribution >= 0.6 is 11.3 Å². The lowest BCUT2D eigenvalue weighted by atomic mass is 10.2. The van der Waals surface area contributed by atoms with Crippen molar-refractivity contribution in [2.45, 2.75) is 33.2 Å². The van der Waals surface area contributed by atoms with Gasteiger partial charge in [0.25, 0.3) is 0 Å². The van der Waals surface area contributed by atoms with Crippen molar-refractivity contribution in [3.05, 3.63) is 22.4 Å². The Kier molecular flexibility index (Phi) is 6.22. The number of carbonyl (C=O) groups excluding carboxylic acids is 1. The van der Waals surface area contributed by atoms with E-state index >= 15 is 0 Å². The largest absolute Gasteiger partial charge is 0.354 e. The number of hydrogen-bond acceptors (Lipinski definition) is 3. The predicted octanol–water partition coefficient (Wildman–Crippen LogP) is 2.04. The van der Waals surface area contributed by atoms with Gasteiger partial charge in [0.2, 0.25) is 5.91 Å². The van der Waals surface area contributed by atoms with E-state index in [-0.39, 0.29) is 11.9 Å². The topological polar surface area (TPSA) is 41.1 Å². The summed E-state index contributed by atoms with van der Waals surface area (Å²) in [5.74, 6) is 0.585. The fourth-order valence-corrected chi connectivity index (χ4v) is 2.13. The van der Waals surface area contributed by atoms with Gasteiger partial charge in [-0.25, -0.2) is 0 Å². The van der Waals surface area contributed by atoms with Crippen molar-refractivity contribution in [3.8, 4) is 0 Å². The summed E-state index contributed by atoms with van der Waals surface area (Å²) >= 11 is 1.76. The molecule has 4 heteroatoms. The molecular formula is C13H22N2OS. The van der Waals surface area contributed by atoms with Gasteiger partial charge in [-0.15, -0.1) is 11.3 Å².